The van der Waals surface area contributed by atoms with E-state index in [0.29, 0.717) is 0 Å². The van der Waals surface area contributed by atoms with E-state index in [-0.39, 0.29) is 0 Å². The Kier molecular flexibility index (Phi) is 6.38. The molecule has 112 valence electrons. The van der Waals surface area contributed by atoms with Crippen molar-refractivity contribution >= 4 is 0 Å². The van der Waals surface area contributed by atoms with Gasteiger partial charge in [-0.1, -0.05) is 38.8 Å². The molecule has 0 aliphatic carbocycles. The zero-order valence-electron chi connectivity index (χ0n) is 13.1. The van der Waals surface area contributed by atoms with Gasteiger partial charge in [-0.3, -0.25) is 0 Å². The molecule has 0 saturated heterocycles. The minimum absolute atomic E-state index is 0.721. The number of unbranched alkanes of at least 4 members (excludes halogenated alkanes) is 1. The van der Waals surface area contributed by atoms with E-state index >= 15 is 0 Å². The van der Waals surface area contributed by atoms with Gasteiger partial charge < -0.3 is 10.1 Å². The second-order valence-electron chi connectivity index (χ2n) is 5.83. The molecule has 1 N–H and O–H groups in total. The summed E-state index contributed by atoms with van der Waals surface area (Å²) >= 11 is 0. The lowest BCUT2D eigenvalue weighted by molar-refractivity contribution is 0.357. The Morgan fingerprint density at radius 2 is 2.10 bits per heavy atom. The van der Waals surface area contributed by atoms with Gasteiger partial charge in [-0.15, -0.1) is 0 Å². The SMILES string of the molecule is CCCC(CCCCc1ccc2c(c1)CCO2)NCC. The molecular formula is C18H29NO. The average Bonchev–Trinajstić information content (AvgIpc) is 2.91. The van der Waals surface area contributed by atoms with Crippen LogP contribution in [0.15, 0.2) is 18.2 Å². The summed E-state index contributed by atoms with van der Waals surface area (Å²) in [7, 11) is 0. The van der Waals surface area contributed by atoms with E-state index in [1.807, 2.05) is 0 Å². The van der Waals surface area contributed by atoms with E-state index in [1.165, 1.54) is 49.7 Å². The van der Waals surface area contributed by atoms with E-state index < -0.39 is 0 Å². The fourth-order valence-electron chi connectivity index (χ4n) is 3.10. The Balaban J connectivity index is 1.70. The molecule has 0 saturated carbocycles. The molecule has 20 heavy (non-hydrogen) atoms. The van der Waals surface area contributed by atoms with Crippen molar-refractivity contribution in [3.63, 3.8) is 0 Å². The maximum absolute atomic E-state index is 5.56. The van der Waals surface area contributed by atoms with Gasteiger partial charge in [0.2, 0.25) is 0 Å². The first-order valence-electron chi connectivity index (χ1n) is 8.31. The van der Waals surface area contributed by atoms with Gasteiger partial charge in [-0.25, -0.2) is 0 Å². The van der Waals surface area contributed by atoms with Gasteiger partial charge >= 0.3 is 0 Å². The summed E-state index contributed by atoms with van der Waals surface area (Å²) in [6, 6.07) is 7.45. The molecule has 1 heterocycles. The summed E-state index contributed by atoms with van der Waals surface area (Å²) in [6.07, 6.45) is 8.82. The molecule has 0 spiro atoms. The third-order valence-corrected chi connectivity index (χ3v) is 4.15. The van der Waals surface area contributed by atoms with Crippen LogP contribution < -0.4 is 10.1 Å². The molecular weight excluding hydrogens is 246 g/mol. The zero-order valence-corrected chi connectivity index (χ0v) is 13.1. The Morgan fingerprint density at radius 1 is 1.20 bits per heavy atom. The van der Waals surface area contributed by atoms with Crippen LogP contribution >= 0.6 is 0 Å². The van der Waals surface area contributed by atoms with Gasteiger partial charge in [0.05, 0.1) is 6.61 Å². The lowest BCUT2D eigenvalue weighted by atomic mass is 10.00. The lowest BCUT2D eigenvalue weighted by Gasteiger charge is -2.16. The van der Waals surface area contributed by atoms with E-state index in [0.717, 1.165) is 31.4 Å². The normalized spacial score (nSPS) is 14.9. The number of benzene rings is 1. The number of ether oxygens (including phenoxy) is 1. The number of fused-ring (bicyclic) bond motifs is 1. The molecule has 2 heteroatoms. The number of rotatable bonds is 9. The van der Waals surface area contributed by atoms with Crippen LogP contribution in [0.1, 0.15) is 57.1 Å². The van der Waals surface area contributed by atoms with Gasteiger partial charge in [-0.05, 0) is 49.4 Å². The van der Waals surface area contributed by atoms with Crippen LogP contribution in [-0.4, -0.2) is 19.2 Å². The topological polar surface area (TPSA) is 21.3 Å². The van der Waals surface area contributed by atoms with E-state index in [1.54, 1.807) is 0 Å². The highest BCUT2D eigenvalue weighted by atomic mass is 16.5. The quantitative estimate of drug-likeness (QED) is 0.685. The predicted octanol–water partition coefficient (Wildman–Crippen LogP) is 4.11. The van der Waals surface area contributed by atoms with Crippen molar-refractivity contribution in [1.29, 1.82) is 0 Å². The van der Waals surface area contributed by atoms with E-state index in [4.69, 9.17) is 4.74 Å². The van der Waals surface area contributed by atoms with Gasteiger partial charge in [0, 0.05) is 12.5 Å². The highest BCUT2D eigenvalue weighted by molar-refractivity contribution is 5.39. The minimum atomic E-state index is 0.721. The Morgan fingerprint density at radius 3 is 2.90 bits per heavy atom. The number of hydrogen-bond donors (Lipinski definition) is 1. The summed E-state index contributed by atoms with van der Waals surface area (Å²) in [5, 5.41) is 3.60. The van der Waals surface area contributed by atoms with Gasteiger partial charge in [-0.2, -0.15) is 0 Å². The molecule has 2 nitrogen and oxygen atoms in total. The molecule has 1 aliphatic heterocycles. The first-order valence-corrected chi connectivity index (χ1v) is 8.31. The molecule has 2 rings (SSSR count). The summed E-state index contributed by atoms with van der Waals surface area (Å²) in [6.45, 7) is 6.43. The smallest absolute Gasteiger partial charge is 0.122 e. The van der Waals surface area contributed by atoms with Crippen LogP contribution in [0.3, 0.4) is 0 Å². The van der Waals surface area contributed by atoms with E-state index in [9.17, 15) is 0 Å². The maximum atomic E-state index is 5.56. The van der Waals surface area contributed by atoms with Crippen molar-refractivity contribution in [2.75, 3.05) is 13.2 Å². The van der Waals surface area contributed by atoms with Crippen LogP contribution in [0.5, 0.6) is 5.75 Å². The van der Waals surface area contributed by atoms with Gasteiger partial charge in [0.25, 0.3) is 0 Å². The van der Waals surface area contributed by atoms with Crippen molar-refractivity contribution in [1.82, 2.24) is 5.32 Å². The molecule has 1 atom stereocenters. The van der Waals surface area contributed by atoms with Crippen LogP contribution in [0, 0.1) is 0 Å². The van der Waals surface area contributed by atoms with Crippen molar-refractivity contribution < 1.29 is 4.74 Å². The molecule has 1 aromatic rings. The highest BCUT2D eigenvalue weighted by Crippen LogP contribution is 2.26. The monoisotopic (exact) mass is 275 g/mol. The molecule has 0 amide bonds. The fraction of sp³-hybridized carbons (Fsp3) is 0.667. The molecule has 0 fully saturated rings. The minimum Gasteiger partial charge on any atom is -0.493 e. The third kappa shape index (κ3) is 4.52. The van der Waals surface area contributed by atoms with Crippen molar-refractivity contribution in [2.45, 2.75) is 64.8 Å². The second-order valence-corrected chi connectivity index (χ2v) is 5.83. The maximum Gasteiger partial charge on any atom is 0.122 e. The number of nitrogens with one attached hydrogen (secondary N) is 1. The molecule has 0 aromatic heterocycles. The third-order valence-electron chi connectivity index (χ3n) is 4.15. The van der Waals surface area contributed by atoms with Crippen molar-refractivity contribution in [2.24, 2.45) is 0 Å². The Bertz CT molecular complexity index is 396. The van der Waals surface area contributed by atoms with Crippen molar-refractivity contribution in [3.8, 4) is 5.75 Å². The van der Waals surface area contributed by atoms with Crippen LogP contribution in [0.25, 0.3) is 0 Å². The summed E-state index contributed by atoms with van der Waals surface area (Å²) in [5.74, 6) is 1.10. The second kappa shape index (κ2) is 8.31. The number of aryl methyl sites for hydroxylation is 1. The summed E-state index contributed by atoms with van der Waals surface area (Å²) in [5.41, 5.74) is 2.88. The lowest BCUT2D eigenvalue weighted by Crippen LogP contribution is -2.28. The van der Waals surface area contributed by atoms with Crippen molar-refractivity contribution in [3.05, 3.63) is 29.3 Å². The Hall–Kier alpha value is -1.02. The molecule has 0 radical (unpaired) electrons. The van der Waals surface area contributed by atoms with Crippen LogP contribution in [0.4, 0.5) is 0 Å². The predicted molar refractivity (Wildman–Crippen MR) is 85.6 cm³/mol. The van der Waals surface area contributed by atoms with E-state index in [2.05, 4.69) is 37.4 Å². The van der Waals surface area contributed by atoms with Gasteiger partial charge in [0.15, 0.2) is 0 Å². The fourth-order valence-corrected chi connectivity index (χ4v) is 3.10. The standard InChI is InChI=1S/C18H29NO/c1-3-7-17(19-4-2)9-6-5-8-15-10-11-18-16(14-15)12-13-20-18/h10-11,14,17,19H,3-9,12-13H2,1-2H3. The average molecular weight is 275 g/mol. The number of hydrogen-bond acceptors (Lipinski definition) is 2. The first kappa shape index (κ1) is 15.4. The Labute approximate surface area is 123 Å². The largest absolute Gasteiger partial charge is 0.493 e. The highest BCUT2D eigenvalue weighted by Gasteiger charge is 2.12. The molecule has 1 aliphatic rings. The van der Waals surface area contributed by atoms with Crippen LogP contribution in [0.2, 0.25) is 0 Å². The molecule has 1 unspecified atom stereocenters. The molecule has 1 aromatic carbocycles. The summed E-state index contributed by atoms with van der Waals surface area (Å²) in [4.78, 5) is 0. The van der Waals surface area contributed by atoms with Gasteiger partial charge in [0.1, 0.15) is 5.75 Å². The molecule has 0 bridgehead atoms. The summed E-state index contributed by atoms with van der Waals surface area (Å²) < 4.78 is 5.56. The first-order chi connectivity index (χ1) is 9.83. The zero-order chi connectivity index (χ0) is 14.2. The van der Waals surface area contributed by atoms with Crippen LogP contribution in [-0.2, 0) is 12.8 Å².